The van der Waals surface area contributed by atoms with Gasteiger partial charge in [0, 0.05) is 18.3 Å². The molecular weight excluding hydrogens is 328 g/mol. The monoisotopic (exact) mass is 356 g/mol. The molecule has 2 saturated heterocycles. The summed E-state index contributed by atoms with van der Waals surface area (Å²) in [5, 5.41) is 13.0. The molecule has 2 fully saturated rings. The number of aliphatic hydroxyl groups is 1. The van der Waals surface area contributed by atoms with Gasteiger partial charge in [0.1, 0.15) is 0 Å². The Bertz CT molecular complexity index is 732. The number of aliphatic hydroxyl groups excluding tert-OH is 1. The van der Waals surface area contributed by atoms with Crippen LogP contribution in [0.2, 0.25) is 0 Å². The van der Waals surface area contributed by atoms with Gasteiger partial charge in [-0.25, -0.2) is 0 Å². The molecule has 0 bridgehead atoms. The minimum atomic E-state index is -0.457. The van der Waals surface area contributed by atoms with Crippen LogP contribution in [-0.4, -0.2) is 48.8 Å². The molecule has 0 aliphatic carbocycles. The van der Waals surface area contributed by atoms with Gasteiger partial charge in [-0.05, 0) is 48.4 Å². The first-order valence-corrected chi connectivity index (χ1v) is 9.63. The van der Waals surface area contributed by atoms with Crippen molar-refractivity contribution in [2.24, 2.45) is 11.8 Å². The van der Waals surface area contributed by atoms with Crippen molar-refractivity contribution in [3.63, 3.8) is 0 Å². The van der Waals surface area contributed by atoms with Gasteiger partial charge in [0.25, 0.3) is 0 Å². The minimum Gasteiger partial charge on any atom is -0.504 e. The van der Waals surface area contributed by atoms with Crippen LogP contribution < -0.4 is 5.32 Å². The zero-order valence-electron chi connectivity index (χ0n) is 15.6. The highest BCUT2D eigenvalue weighted by Gasteiger charge is 2.59. The van der Waals surface area contributed by atoms with Gasteiger partial charge < -0.3 is 15.2 Å². The number of rotatable bonds is 4. The fourth-order valence-corrected chi connectivity index (χ4v) is 5.56. The van der Waals surface area contributed by atoms with E-state index in [2.05, 4.69) is 23.2 Å². The summed E-state index contributed by atoms with van der Waals surface area (Å²) >= 11 is 0. The summed E-state index contributed by atoms with van der Waals surface area (Å²) in [7, 11) is 1.63. The van der Waals surface area contributed by atoms with Gasteiger partial charge in [-0.15, -0.1) is 0 Å². The van der Waals surface area contributed by atoms with Gasteiger partial charge >= 0.3 is 0 Å². The molecule has 0 radical (unpaired) electrons. The van der Waals surface area contributed by atoms with E-state index in [-0.39, 0.29) is 24.5 Å². The largest absolute Gasteiger partial charge is 0.504 e. The number of amides is 1. The number of hydrogen-bond acceptors (Lipinski definition) is 4. The van der Waals surface area contributed by atoms with E-state index < -0.39 is 5.41 Å². The van der Waals surface area contributed by atoms with Crippen molar-refractivity contribution >= 4 is 11.6 Å². The maximum Gasteiger partial charge on any atom is 0.236 e. The van der Waals surface area contributed by atoms with E-state index in [4.69, 9.17) is 4.74 Å². The average molecular weight is 356 g/mol. The smallest absolute Gasteiger partial charge is 0.236 e. The maximum atomic E-state index is 13.1. The van der Waals surface area contributed by atoms with Gasteiger partial charge in [-0.1, -0.05) is 31.5 Å². The number of piperidine rings is 1. The fourth-order valence-electron chi connectivity index (χ4n) is 5.56. The van der Waals surface area contributed by atoms with Crippen molar-refractivity contribution in [1.29, 1.82) is 0 Å². The van der Waals surface area contributed by atoms with Crippen LogP contribution in [0.1, 0.15) is 31.7 Å². The zero-order valence-corrected chi connectivity index (χ0v) is 15.6. The van der Waals surface area contributed by atoms with Crippen LogP contribution in [0.25, 0.3) is 0 Å². The standard InChI is InChI=1S/C21H28N2O3/c1-3-14-11-23-9-8-21(17-6-4-5-7-18(17)22-20(21)25)19(23)10-16(14)15(12-24)13-26-2/h4-7,13-14,16,19,24H,3,8-12H2,1-2H3,(H,22,25)/b15-13+/t14-,16+,19+,21-/m1/s1. The van der Waals surface area contributed by atoms with Crippen molar-refractivity contribution in [3.05, 3.63) is 41.7 Å². The molecule has 1 aromatic rings. The van der Waals surface area contributed by atoms with Crippen molar-refractivity contribution in [3.8, 4) is 0 Å². The van der Waals surface area contributed by atoms with Crippen molar-refractivity contribution in [2.45, 2.75) is 37.6 Å². The highest BCUT2D eigenvalue weighted by atomic mass is 16.5. The third-order valence-corrected chi connectivity index (χ3v) is 6.83. The molecule has 5 heteroatoms. The lowest BCUT2D eigenvalue weighted by molar-refractivity contribution is -0.122. The van der Waals surface area contributed by atoms with E-state index in [0.29, 0.717) is 5.92 Å². The quantitative estimate of drug-likeness (QED) is 0.814. The number of para-hydroxylation sites is 1. The van der Waals surface area contributed by atoms with E-state index in [0.717, 1.165) is 49.2 Å². The summed E-state index contributed by atoms with van der Waals surface area (Å²) in [5.41, 5.74) is 2.60. The molecule has 1 aromatic carbocycles. The van der Waals surface area contributed by atoms with Gasteiger partial charge in [0.05, 0.1) is 25.4 Å². The summed E-state index contributed by atoms with van der Waals surface area (Å²) in [4.78, 5) is 15.6. The third kappa shape index (κ3) is 2.41. The molecule has 2 N–H and O–H groups in total. The Balaban J connectivity index is 1.73. The molecule has 3 aliphatic heterocycles. The van der Waals surface area contributed by atoms with Gasteiger partial charge in [0.2, 0.25) is 5.91 Å². The number of nitrogens with zero attached hydrogens (tertiary/aromatic N) is 1. The molecule has 0 aromatic heterocycles. The molecule has 3 heterocycles. The first-order chi connectivity index (χ1) is 12.7. The van der Waals surface area contributed by atoms with Crippen molar-refractivity contribution < 1.29 is 14.6 Å². The summed E-state index contributed by atoms with van der Waals surface area (Å²) in [5.74, 6) is 0.873. The maximum absolute atomic E-state index is 13.1. The summed E-state index contributed by atoms with van der Waals surface area (Å²) in [6, 6.07) is 8.29. The van der Waals surface area contributed by atoms with E-state index in [1.807, 2.05) is 18.2 Å². The van der Waals surface area contributed by atoms with Crippen LogP contribution in [0.3, 0.4) is 0 Å². The summed E-state index contributed by atoms with van der Waals surface area (Å²) < 4.78 is 5.23. The first kappa shape index (κ1) is 17.6. The molecule has 5 nitrogen and oxygen atoms in total. The molecule has 140 valence electrons. The SMILES string of the molecule is CC[C@@H]1CN2CC[C@]3(C(=O)Nc4ccccc43)[C@@H]2C[C@@H]1/C(=C/OC)CO. The number of benzene rings is 1. The highest BCUT2D eigenvalue weighted by Crippen LogP contribution is 2.53. The van der Waals surface area contributed by atoms with Crippen LogP contribution in [-0.2, 0) is 14.9 Å². The molecule has 3 aliphatic rings. The molecule has 26 heavy (non-hydrogen) atoms. The fraction of sp³-hybridized carbons (Fsp3) is 0.571. The number of anilines is 1. The van der Waals surface area contributed by atoms with Gasteiger partial charge in [-0.3, -0.25) is 9.69 Å². The van der Waals surface area contributed by atoms with Crippen LogP contribution in [0.5, 0.6) is 0 Å². The lowest BCUT2D eigenvalue weighted by Crippen LogP contribution is -2.53. The molecule has 0 unspecified atom stereocenters. The van der Waals surface area contributed by atoms with Crippen LogP contribution in [0.15, 0.2) is 36.1 Å². The molecule has 4 rings (SSSR count). The number of ether oxygens (including phenoxy) is 1. The van der Waals surface area contributed by atoms with E-state index >= 15 is 0 Å². The van der Waals surface area contributed by atoms with Crippen LogP contribution in [0, 0.1) is 11.8 Å². The second kappa shape index (κ2) is 6.71. The van der Waals surface area contributed by atoms with E-state index in [1.54, 1.807) is 13.4 Å². The molecule has 1 spiro atoms. The number of carbonyl (C=O) groups excluding carboxylic acids is 1. The lowest BCUT2D eigenvalue weighted by Gasteiger charge is -2.45. The second-order valence-electron chi connectivity index (χ2n) is 7.83. The Morgan fingerprint density at radius 3 is 3.00 bits per heavy atom. The Morgan fingerprint density at radius 1 is 1.46 bits per heavy atom. The summed E-state index contributed by atoms with van der Waals surface area (Å²) in [6.45, 7) is 4.16. The minimum absolute atomic E-state index is 0.0114. The number of nitrogens with one attached hydrogen (secondary N) is 1. The van der Waals surface area contributed by atoms with Gasteiger partial charge in [0.15, 0.2) is 0 Å². The van der Waals surface area contributed by atoms with Crippen LogP contribution in [0.4, 0.5) is 5.69 Å². The Kier molecular flexibility index (Phi) is 4.53. The van der Waals surface area contributed by atoms with Crippen molar-refractivity contribution in [2.75, 3.05) is 32.1 Å². The topological polar surface area (TPSA) is 61.8 Å². The van der Waals surface area contributed by atoms with Crippen LogP contribution >= 0.6 is 0 Å². The number of carbonyl (C=O) groups is 1. The average Bonchev–Trinajstić information content (AvgIpc) is 3.18. The predicted octanol–water partition coefficient (Wildman–Crippen LogP) is 2.52. The summed E-state index contributed by atoms with van der Waals surface area (Å²) in [6.07, 6.45) is 4.51. The van der Waals surface area contributed by atoms with E-state index in [1.165, 1.54) is 0 Å². The molecule has 0 saturated carbocycles. The normalized spacial score (nSPS) is 33.9. The zero-order chi connectivity index (χ0) is 18.3. The lowest BCUT2D eigenvalue weighted by atomic mass is 9.67. The Hall–Kier alpha value is -1.85. The second-order valence-corrected chi connectivity index (χ2v) is 7.83. The van der Waals surface area contributed by atoms with E-state index in [9.17, 15) is 9.90 Å². The number of hydrogen-bond donors (Lipinski definition) is 2. The van der Waals surface area contributed by atoms with Crippen molar-refractivity contribution in [1.82, 2.24) is 4.90 Å². The number of fused-ring (bicyclic) bond motifs is 4. The predicted molar refractivity (Wildman–Crippen MR) is 101 cm³/mol. The molecule has 1 amide bonds. The third-order valence-electron chi connectivity index (χ3n) is 6.83. The highest BCUT2D eigenvalue weighted by molar-refractivity contribution is 6.07. The molecular formula is C21H28N2O3. The number of methoxy groups -OCH3 is 1. The Morgan fingerprint density at radius 2 is 2.27 bits per heavy atom. The molecule has 4 atom stereocenters. The van der Waals surface area contributed by atoms with Gasteiger partial charge in [-0.2, -0.15) is 0 Å². The Labute approximate surface area is 155 Å². The first-order valence-electron chi connectivity index (χ1n) is 9.63.